The first-order valence-corrected chi connectivity index (χ1v) is 8.38. The third-order valence-corrected chi connectivity index (χ3v) is 3.93. The van der Waals surface area contributed by atoms with Crippen molar-refractivity contribution in [2.75, 3.05) is 33.1 Å². The number of nitrogens with one attached hydrogen (secondary N) is 1. The van der Waals surface area contributed by atoms with Crippen LogP contribution >= 0.6 is 0 Å². The number of anilines is 1. The maximum atomic E-state index is 13.7. The van der Waals surface area contributed by atoms with Gasteiger partial charge in [-0.3, -0.25) is 9.69 Å². The van der Waals surface area contributed by atoms with Gasteiger partial charge in [0.05, 0.1) is 37.6 Å². The van der Waals surface area contributed by atoms with Gasteiger partial charge in [-0.1, -0.05) is 18.2 Å². The van der Waals surface area contributed by atoms with E-state index in [9.17, 15) is 18.8 Å². The van der Waals surface area contributed by atoms with Crippen LogP contribution in [0.3, 0.4) is 0 Å². The summed E-state index contributed by atoms with van der Waals surface area (Å²) in [4.78, 5) is 37.7. The molecule has 0 aliphatic carbocycles. The van der Waals surface area contributed by atoms with Gasteiger partial charge in [-0.25, -0.2) is 14.0 Å². The molecule has 0 aliphatic heterocycles. The number of carbonyl (C=O) groups excluding carboxylic acids is 3. The average Bonchev–Trinajstić information content (AvgIpc) is 2.68. The minimum atomic E-state index is -0.661. The van der Waals surface area contributed by atoms with Crippen molar-refractivity contribution in [3.8, 4) is 0 Å². The molecule has 2 aromatic carbocycles. The lowest BCUT2D eigenvalue weighted by Crippen LogP contribution is -2.30. The standard InChI is InChI=1S/C20H21FN2O5/c1-23(11-14-6-4-5-7-16(14)21)12-18(24)22-17-10-13(19(25)27-2)8-9-15(17)20(26)28-3/h4-10H,11-12H2,1-3H3,(H,22,24). The molecule has 8 heteroatoms. The molecule has 0 atom stereocenters. The molecule has 0 unspecified atom stereocenters. The molecule has 1 amide bonds. The van der Waals surface area contributed by atoms with E-state index in [1.165, 1.54) is 38.5 Å². The highest BCUT2D eigenvalue weighted by molar-refractivity contribution is 6.03. The second kappa shape index (κ2) is 9.61. The van der Waals surface area contributed by atoms with E-state index in [2.05, 4.69) is 10.1 Å². The summed E-state index contributed by atoms with van der Waals surface area (Å²) in [5.41, 5.74) is 0.852. The fourth-order valence-corrected chi connectivity index (χ4v) is 2.59. The van der Waals surface area contributed by atoms with Crippen LogP contribution in [0, 0.1) is 5.82 Å². The Hall–Kier alpha value is -3.26. The van der Waals surface area contributed by atoms with Crippen molar-refractivity contribution in [3.63, 3.8) is 0 Å². The normalized spacial score (nSPS) is 10.5. The summed E-state index contributed by atoms with van der Waals surface area (Å²) in [5, 5.41) is 2.59. The van der Waals surface area contributed by atoms with Gasteiger partial charge >= 0.3 is 11.9 Å². The zero-order valence-electron chi connectivity index (χ0n) is 15.8. The van der Waals surface area contributed by atoms with Crippen LogP contribution in [0.15, 0.2) is 42.5 Å². The zero-order valence-corrected chi connectivity index (χ0v) is 15.8. The van der Waals surface area contributed by atoms with Crippen LogP contribution < -0.4 is 5.32 Å². The van der Waals surface area contributed by atoms with Gasteiger partial charge in [-0.05, 0) is 31.3 Å². The minimum absolute atomic E-state index is 0.0581. The third-order valence-electron chi connectivity index (χ3n) is 3.93. The maximum absolute atomic E-state index is 13.7. The molecule has 0 radical (unpaired) electrons. The van der Waals surface area contributed by atoms with Crippen LogP contribution in [0.25, 0.3) is 0 Å². The third kappa shape index (κ3) is 5.37. The lowest BCUT2D eigenvalue weighted by atomic mass is 10.1. The quantitative estimate of drug-likeness (QED) is 0.734. The van der Waals surface area contributed by atoms with Crippen LogP contribution in [0.5, 0.6) is 0 Å². The summed E-state index contributed by atoms with van der Waals surface area (Å²) >= 11 is 0. The van der Waals surface area contributed by atoms with Crippen molar-refractivity contribution in [2.24, 2.45) is 0 Å². The van der Waals surface area contributed by atoms with Crippen molar-refractivity contribution in [3.05, 3.63) is 65.0 Å². The molecule has 7 nitrogen and oxygen atoms in total. The summed E-state index contributed by atoms with van der Waals surface area (Å²) in [6.07, 6.45) is 0. The fourth-order valence-electron chi connectivity index (χ4n) is 2.59. The topological polar surface area (TPSA) is 84.9 Å². The SMILES string of the molecule is COC(=O)c1ccc(C(=O)OC)c(NC(=O)CN(C)Cc2ccccc2F)c1. The summed E-state index contributed by atoms with van der Waals surface area (Å²) < 4.78 is 23.1. The molecule has 2 aromatic rings. The number of hydrogen-bond acceptors (Lipinski definition) is 6. The van der Waals surface area contributed by atoms with Gasteiger partial charge in [0.15, 0.2) is 0 Å². The largest absolute Gasteiger partial charge is 0.465 e. The average molecular weight is 388 g/mol. The second-order valence-corrected chi connectivity index (χ2v) is 6.06. The highest BCUT2D eigenvalue weighted by atomic mass is 19.1. The van der Waals surface area contributed by atoms with Crippen molar-refractivity contribution in [1.82, 2.24) is 4.90 Å². The van der Waals surface area contributed by atoms with E-state index >= 15 is 0 Å². The Bertz CT molecular complexity index is 885. The number of ether oxygens (including phenoxy) is 2. The summed E-state index contributed by atoms with van der Waals surface area (Å²) in [6, 6.07) is 10.4. The molecule has 0 saturated heterocycles. The van der Waals surface area contributed by atoms with Gasteiger partial charge in [0, 0.05) is 12.1 Å². The van der Waals surface area contributed by atoms with Crippen molar-refractivity contribution >= 4 is 23.5 Å². The lowest BCUT2D eigenvalue weighted by Gasteiger charge is -2.17. The monoisotopic (exact) mass is 388 g/mol. The molecule has 0 aromatic heterocycles. The van der Waals surface area contributed by atoms with Crippen molar-refractivity contribution in [2.45, 2.75) is 6.54 Å². The molecule has 2 rings (SSSR count). The Morgan fingerprint density at radius 2 is 1.71 bits per heavy atom. The van der Waals surface area contributed by atoms with E-state index in [1.807, 2.05) is 0 Å². The van der Waals surface area contributed by atoms with Gasteiger partial charge in [-0.2, -0.15) is 0 Å². The number of rotatable bonds is 7. The zero-order chi connectivity index (χ0) is 20.7. The van der Waals surface area contributed by atoms with Crippen LogP contribution in [0.2, 0.25) is 0 Å². The molecule has 1 N–H and O–H groups in total. The van der Waals surface area contributed by atoms with Crippen molar-refractivity contribution in [1.29, 1.82) is 0 Å². The molecular weight excluding hydrogens is 367 g/mol. The number of esters is 2. The lowest BCUT2D eigenvalue weighted by molar-refractivity contribution is -0.117. The first kappa shape index (κ1) is 21.0. The number of likely N-dealkylation sites (N-methyl/N-ethyl adjacent to an activating group) is 1. The summed E-state index contributed by atoms with van der Waals surface area (Å²) in [6.45, 7) is 0.170. The number of hydrogen-bond donors (Lipinski definition) is 1. The van der Waals surface area contributed by atoms with E-state index in [-0.39, 0.29) is 35.7 Å². The van der Waals surface area contributed by atoms with E-state index in [0.29, 0.717) is 5.56 Å². The Kier molecular flexibility index (Phi) is 7.22. The predicted octanol–water partition coefficient (Wildman–Crippen LogP) is 2.47. The van der Waals surface area contributed by atoms with Gasteiger partial charge in [-0.15, -0.1) is 0 Å². The molecular formula is C20H21FN2O5. The smallest absolute Gasteiger partial charge is 0.339 e. The van der Waals surface area contributed by atoms with E-state index < -0.39 is 17.8 Å². The molecule has 0 saturated carbocycles. The molecule has 28 heavy (non-hydrogen) atoms. The fraction of sp³-hybridized carbons (Fsp3) is 0.250. The number of carbonyl (C=O) groups is 3. The number of methoxy groups -OCH3 is 2. The van der Waals surface area contributed by atoms with Crippen LogP contribution in [-0.4, -0.2) is 50.6 Å². The predicted molar refractivity (Wildman–Crippen MR) is 100 cm³/mol. The van der Waals surface area contributed by atoms with E-state index in [4.69, 9.17) is 4.74 Å². The van der Waals surface area contributed by atoms with Crippen LogP contribution in [0.1, 0.15) is 26.3 Å². The van der Waals surface area contributed by atoms with E-state index in [1.54, 1.807) is 30.1 Å². The van der Waals surface area contributed by atoms with Gasteiger partial charge in [0.1, 0.15) is 5.82 Å². The summed E-state index contributed by atoms with van der Waals surface area (Å²) in [7, 11) is 4.11. The van der Waals surface area contributed by atoms with Gasteiger partial charge < -0.3 is 14.8 Å². The maximum Gasteiger partial charge on any atom is 0.339 e. The molecule has 0 spiro atoms. The number of benzene rings is 2. The Morgan fingerprint density at radius 3 is 2.36 bits per heavy atom. The molecule has 0 fully saturated rings. The van der Waals surface area contributed by atoms with Crippen molar-refractivity contribution < 1.29 is 28.2 Å². The first-order chi connectivity index (χ1) is 13.3. The van der Waals surface area contributed by atoms with E-state index in [0.717, 1.165) is 0 Å². The Balaban J connectivity index is 2.13. The minimum Gasteiger partial charge on any atom is -0.465 e. The first-order valence-electron chi connectivity index (χ1n) is 8.38. The molecule has 148 valence electrons. The highest BCUT2D eigenvalue weighted by Gasteiger charge is 2.18. The second-order valence-electron chi connectivity index (χ2n) is 6.06. The number of nitrogens with zero attached hydrogens (tertiary/aromatic N) is 1. The molecule has 0 heterocycles. The van der Waals surface area contributed by atoms with Crippen LogP contribution in [-0.2, 0) is 20.8 Å². The molecule has 0 bridgehead atoms. The number of halogens is 1. The Labute approximate surface area is 162 Å². The Morgan fingerprint density at radius 1 is 1.04 bits per heavy atom. The number of amides is 1. The van der Waals surface area contributed by atoms with Gasteiger partial charge in [0.2, 0.25) is 5.91 Å². The summed E-state index contributed by atoms with van der Waals surface area (Å²) in [5.74, 6) is -2.06. The highest BCUT2D eigenvalue weighted by Crippen LogP contribution is 2.20. The van der Waals surface area contributed by atoms with Gasteiger partial charge in [0.25, 0.3) is 0 Å². The molecule has 0 aliphatic rings. The van der Waals surface area contributed by atoms with Crippen LogP contribution in [0.4, 0.5) is 10.1 Å².